The van der Waals surface area contributed by atoms with Crippen LogP contribution in [0.1, 0.15) is 57.4 Å². The molecular weight excluding hydrogens is 482 g/mol. The number of carbonyl (C=O) groups is 3. The van der Waals surface area contributed by atoms with Crippen LogP contribution in [0, 0.1) is 13.8 Å². The van der Waals surface area contributed by atoms with Crippen molar-refractivity contribution in [3.8, 4) is 0 Å². The Balaban J connectivity index is 2.49. The molecule has 9 heteroatoms. The highest BCUT2D eigenvalue weighted by atomic mass is 35.5. The van der Waals surface area contributed by atoms with Crippen LogP contribution in [0.3, 0.4) is 0 Å². The van der Waals surface area contributed by atoms with Gasteiger partial charge in [0.25, 0.3) is 5.91 Å². The number of ether oxygens (including phenoxy) is 1. The van der Waals surface area contributed by atoms with Gasteiger partial charge in [0.05, 0.1) is 17.3 Å². The van der Waals surface area contributed by atoms with Crippen LogP contribution >= 0.6 is 11.6 Å². The zero-order valence-corrected chi connectivity index (χ0v) is 22.6. The number of rotatable bonds is 8. The van der Waals surface area contributed by atoms with Crippen LogP contribution in [0.2, 0.25) is 5.02 Å². The van der Waals surface area contributed by atoms with Gasteiger partial charge < -0.3 is 25.4 Å². The van der Waals surface area contributed by atoms with Gasteiger partial charge in [0.2, 0.25) is 5.91 Å². The highest BCUT2D eigenvalue weighted by Gasteiger charge is 2.38. The third-order valence-corrected chi connectivity index (χ3v) is 5.69. The van der Waals surface area contributed by atoms with Gasteiger partial charge in [-0.25, -0.2) is 4.79 Å². The Morgan fingerprint density at radius 1 is 1.06 bits per heavy atom. The standard InChI is InChI=1S/C27H36ClN3O5/c1-16(2)31(25(34)21(15-32)29-26(35)36-27(5,6)7)23(19-13-11-17(3)12-14-19)24(33)30-22-18(4)9-8-10-20(22)28/h8-14,16,21,23,32H,15H2,1-7H3,(H,29,35)(H,30,33). The van der Waals surface area contributed by atoms with E-state index in [1.165, 1.54) is 4.90 Å². The Morgan fingerprint density at radius 3 is 2.17 bits per heavy atom. The molecule has 0 aliphatic rings. The Kier molecular flexibility index (Phi) is 9.90. The molecule has 0 fully saturated rings. The van der Waals surface area contributed by atoms with Gasteiger partial charge in [0.15, 0.2) is 0 Å². The molecule has 0 saturated heterocycles. The third-order valence-electron chi connectivity index (χ3n) is 5.37. The number of amides is 3. The number of aliphatic hydroxyl groups excluding tert-OH is 1. The van der Waals surface area contributed by atoms with Crippen molar-refractivity contribution in [1.29, 1.82) is 0 Å². The van der Waals surface area contributed by atoms with Gasteiger partial charge in [-0.2, -0.15) is 0 Å². The second-order valence-electron chi connectivity index (χ2n) is 9.95. The number of alkyl carbamates (subject to hydrolysis) is 1. The normalized spacial score (nSPS) is 13.1. The minimum absolute atomic E-state index is 0.369. The number of nitrogens with zero attached hydrogens (tertiary/aromatic N) is 1. The number of hydrogen-bond acceptors (Lipinski definition) is 5. The summed E-state index contributed by atoms with van der Waals surface area (Å²) in [5.41, 5.74) is 1.98. The first kappa shape index (κ1) is 29.1. The Hall–Kier alpha value is -3.10. The molecule has 0 saturated carbocycles. The maximum absolute atomic E-state index is 13.7. The van der Waals surface area contributed by atoms with Crippen molar-refractivity contribution < 1.29 is 24.2 Å². The Labute approximate surface area is 218 Å². The average molecular weight is 518 g/mol. The van der Waals surface area contributed by atoms with Crippen LogP contribution in [-0.4, -0.2) is 52.2 Å². The van der Waals surface area contributed by atoms with E-state index in [0.29, 0.717) is 16.3 Å². The molecule has 2 rings (SSSR count). The molecule has 0 aliphatic carbocycles. The minimum Gasteiger partial charge on any atom is -0.444 e. The summed E-state index contributed by atoms with van der Waals surface area (Å²) >= 11 is 6.34. The van der Waals surface area contributed by atoms with Crippen molar-refractivity contribution in [2.75, 3.05) is 11.9 Å². The van der Waals surface area contributed by atoms with Crippen molar-refractivity contribution in [2.24, 2.45) is 0 Å². The lowest BCUT2D eigenvalue weighted by atomic mass is 9.99. The SMILES string of the molecule is Cc1ccc(C(C(=O)Nc2c(C)cccc2Cl)N(C(=O)C(CO)NC(=O)OC(C)(C)C)C(C)C)cc1. The van der Waals surface area contributed by atoms with Crippen LogP contribution < -0.4 is 10.6 Å². The molecule has 0 spiro atoms. The number of hydrogen-bond donors (Lipinski definition) is 3. The molecular formula is C27H36ClN3O5. The monoisotopic (exact) mass is 517 g/mol. The molecule has 0 heterocycles. The molecule has 2 unspecified atom stereocenters. The first-order chi connectivity index (χ1) is 16.7. The van der Waals surface area contributed by atoms with Crippen molar-refractivity contribution >= 4 is 35.2 Å². The van der Waals surface area contributed by atoms with Crippen molar-refractivity contribution in [3.05, 3.63) is 64.2 Å². The van der Waals surface area contributed by atoms with E-state index >= 15 is 0 Å². The van der Waals surface area contributed by atoms with Gasteiger partial charge in [-0.15, -0.1) is 0 Å². The van der Waals surface area contributed by atoms with Crippen LogP contribution in [-0.2, 0) is 14.3 Å². The van der Waals surface area contributed by atoms with Crippen LogP contribution in [0.4, 0.5) is 10.5 Å². The minimum atomic E-state index is -1.31. The highest BCUT2D eigenvalue weighted by molar-refractivity contribution is 6.34. The molecule has 3 N–H and O–H groups in total. The van der Waals surface area contributed by atoms with E-state index in [1.807, 2.05) is 32.0 Å². The second kappa shape index (κ2) is 12.2. The summed E-state index contributed by atoms with van der Waals surface area (Å²) in [6, 6.07) is 9.67. The lowest BCUT2D eigenvalue weighted by Crippen LogP contribution is -2.55. The van der Waals surface area contributed by atoms with Gasteiger partial charge >= 0.3 is 6.09 Å². The zero-order valence-electron chi connectivity index (χ0n) is 21.9. The summed E-state index contributed by atoms with van der Waals surface area (Å²) < 4.78 is 5.25. The largest absolute Gasteiger partial charge is 0.444 e. The molecule has 0 radical (unpaired) electrons. The van der Waals surface area contributed by atoms with E-state index in [-0.39, 0.29) is 0 Å². The topological polar surface area (TPSA) is 108 Å². The molecule has 0 bridgehead atoms. The number of halogens is 1. The van der Waals surface area contributed by atoms with Gasteiger partial charge in [0, 0.05) is 6.04 Å². The molecule has 2 atom stereocenters. The number of para-hydroxylation sites is 1. The van der Waals surface area contributed by atoms with Crippen LogP contribution in [0.5, 0.6) is 0 Å². The van der Waals surface area contributed by atoms with Gasteiger partial charge in [-0.05, 0) is 65.7 Å². The van der Waals surface area contributed by atoms with Crippen LogP contribution in [0.15, 0.2) is 42.5 Å². The van der Waals surface area contributed by atoms with E-state index in [0.717, 1.165) is 11.1 Å². The van der Waals surface area contributed by atoms with E-state index in [9.17, 15) is 19.5 Å². The number of anilines is 1. The molecule has 36 heavy (non-hydrogen) atoms. The fourth-order valence-electron chi connectivity index (χ4n) is 3.66. The van der Waals surface area contributed by atoms with E-state index < -0.39 is 48.2 Å². The molecule has 2 aromatic rings. The number of aliphatic hydroxyl groups is 1. The van der Waals surface area contributed by atoms with Crippen LogP contribution in [0.25, 0.3) is 0 Å². The second-order valence-corrected chi connectivity index (χ2v) is 10.4. The summed E-state index contributed by atoms with van der Waals surface area (Å²) in [5, 5.41) is 15.6. The summed E-state index contributed by atoms with van der Waals surface area (Å²) in [4.78, 5) is 41.1. The number of benzene rings is 2. The first-order valence-electron chi connectivity index (χ1n) is 11.8. The maximum atomic E-state index is 13.7. The quantitative estimate of drug-likeness (QED) is 0.468. The molecule has 8 nitrogen and oxygen atoms in total. The van der Waals surface area contributed by atoms with E-state index in [1.54, 1.807) is 58.9 Å². The zero-order chi connectivity index (χ0) is 27.2. The lowest BCUT2D eigenvalue weighted by Gasteiger charge is -2.37. The smallest absolute Gasteiger partial charge is 0.408 e. The predicted octanol–water partition coefficient (Wildman–Crippen LogP) is 4.76. The number of carbonyl (C=O) groups excluding carboxylic acids is 3. The van der Waals surface area contributed by atoms with Crippen molar-refractivity contribution in [1.82, 2.24) is 10.2 Å². The fourth-order valence-corrected chi connectivity index (χ4v) is 3.93. The molecule has 0 aliphatic heterocycles. The molecule has 3 amide bonds. The average Bonchev–Trinajstić information content (AvgIpc) is 2.77. The van der Waals surface area contributed by atoms with Crippen molar-refractivity contribution in [3.63, 3.8) is 0 Å². The lowest BCUT2D eigenvalue weighted by molar-refractivity contribution is -0.143. The van der Waals surface area contributed by atoms with Gasteiger partial charge in [-0.1, -0.05) is 53.6 Å². The summed E-state index contributed by atoms with van der Waals surface area (Å²) in [7, 11) is 0. The maximum Gasteiger partial charge on any atom is 0.408 e. The first-order valence-corrected chi connectivity index (χ1v) is 12.2. The van der Waals surface area contributed by atoms with E-state index in [2.05, 4.69) is 10.6 Å². The summed E-state index contributed by atoms with van der Waals surface area (Å²) in [5.74, 6) is -1.11. The number of aryl methyl sites for hydroxylation is 2. The number of nitrogens with one attached hydrogen (secondary N) is 2. The Morgan fingerprint density at radius 2 is 1.67 bits per heavy atom. The molecule has 2 aromatic carbocycles. The van der Waals surface area contributed by atoms with E-state index in [4.69, 9.17) is 16.3 Å². The van der Waals surface area contributed by atoms with Gasteiger partial charge in [0.1, 0.15) is 17.7 Å². The highest BCUT2D eigenvalue weighted by Crippen LogP contribution is 2.30. The fraction of sp³-hybridized carbons (Fsp3) is 0.444. The predicted molar refractivity (Wildman–Crippen MR) is 141 cm³/mol. The van der Waals surface area contributed by atoms with Gasteiger partial charge in [-0.3, -0.25) is 9.59 Å². The summed E-state index contributed by atoms with van der Waals surface area (Å²) in [6.07, 6.45) is -0.846. The molecule has 0 aromatic heterocycles. The molecule has 196 valence electrons. The van der Waals surface area contributed by atoms with Crippen molar-refractivity contribution in [2.45, 2.75) is 72.2 Å². The Bertz CT molecular complexity index is 1060. The summed E-state index contributed by atoms with van der Waals surface area (Å²) in [6.45, 7) is 11.7. The third kappa shape index (κ3) is 7.70.